The first kappa shape index (κ1) is 61.3. The summed E-state index contributed by atoms with van der Waals surface area (Å²) in [6.07, 6.45) is -50.0. The lowest BCUT2D eigenvalue weighted by molar-refractivity contribution is -0.687. The van der Waals surface area contributed by atoms with Crippen LogP contribution >= 0.6 is 0 Å². The number of phenols is 1. The molecule has 5 nitrogen and oxygen atoms in total. The van der Waals surface area contributed by atoms with Crippen LogP contribution in [-0.2, 0) is 56.0 Å². The Kier molecular flexibility index (Phi) is 16.5. The van der Waals surface area contributed by atoms with E-state index in [1.165, 1.54) is 12.1 Å². The van der Waals surface area contributed by atoms with Crippen LogP contribution < -0.4 is 31.2 Å². The van der Waals surface area contributed by atoms with Gasteiger partial charge in [0.15, 0.2) is 6.20 Å². The molecule has 7 aromatic rings. The largest absolute Gasteiger partial charge is 0.508 e. The number of hydrogen-bond acceptors (Lipinski definition) is 4. The number of nitrogens with zero attached hydrogens (tertiary/aromatic N) is 2. The normalized spacial score (nSPS) is 13.2. The van der Waals surface area contributed by atoms with Crippen LogP contribution in [0.1, 0.15) is 54.9 Å². The van der Waals surface area contributed by atoms with Crippen molar-refractivity contribution in [2.45, 2.75) is 56.0 Å². The molecule has 1 N–H and O–H groups in total. The van der Waals surface area contributed by atoms with E-state index in [0.717, 1.165) is 0 Å². The summed E-state index contributed by atoms with van der Waals surface area (Å²) in [5.74, 6) is 1.15. The molecule has 0 aliphatic heterocycles. The van der Waals surface area contributed by atoms with Crippen molar-refractivity contribution in [3.63, 3.8) is 0 Å². The van der Waals surface area contributed by atoms with Crippen molar-refractivity contribution < 1.29 is 125 Å². The molecule has 0 unspecified atom stereocenters. The van der Waals surface area contributed by atoms with E-state index >= 15 is 0 Å². The highest BCUT2D eigenvalue weighted by Gasteiger charge is 2.47. The van der Waals surface area contributed by atoms with E-state index in [1.54, 1.807) is 47.4 Å². The van der Waals surface area contributed by atoms with Crippen molar-refractivity contribution in [2.24, 2.45) is 0 Å². The van der Waals surface area contributed by atoms with Crippen LogP contribution in [0.5, 0.6) is 17.4 Å². The first-order valence-electron chi connectivity index (χ1n) is 21.7. The quantitative estimate of drug-likeness (QED) is 0.0677. The Morgan fingerprint density at radius 2 is 0.713 bits per heavy atom. The number of benzene rings is 6. The molecule has 0 amide bonds. The molecule has 7 rings (SSSR count). The summed E-state index contributed by atoms with van der Waals surface area (Å²) < 4.78 is 348. The summed E-state index contributed by atoms with van der Waals surface area (Å²) in [6.45, 7) is 0.153. The zero-order valence-electron chi connectivity index (χ0n) is 38.9. The third-order valence-corrected chi connectivity index (χ3v) is 11.7. The van der Waals surface area contributed by atoms with E-state index in [4.69, 9.17) is 4.74 Å². The number of rotatable bonds is 9. The first-order chi connectivity index (χ1) is 36.5. The lowest BCUT2D eigenvalue weighted by Crippen LogP contribution is -2.75. The van der Waals surface area contributed by atoms with Gasteiger partial charge in [0.05, 0.1) is 50.7 Å². The van der Waals surface area contributed by atoms with Gasteiger partial charge < -0.3 is 9.84 Å². The Balaban J connectivity index is 0.000000370. The van der Waals surface area contributed by atoms with Crippen molar-refractivity contribution in [3.8, 4) is 17.4 Å². The molecule has 30 heteroatoms. The van der Waals surface area contributed by atoms with Crippen molar-refractivity contribution in [1.82, 2.24) is 4.98 Å². The van der Waals surface area contributed by atoms with Crippen LogP contribution in [0.15, 0.2) is 146 Å². The molecule has 0 aliphatic rings. The summed E-state index contributed by atoms with van der Waals surface area (Å²) in [5.41, 5.74) is -29.6. The van der Waals surface area contributed by atoms with E-state index < -0.39 is 195 Å². The fourth-order valence-corrected chi connectivity index (χ4v) is 8.16. The maximum Gasteiger partial charge on any atom is 0.416 e. The van der Waals surface area contributed by atoms with E-state index in [2.05, 4.69) is 4.98 Å². The SMILES string of the molecule is FC(F)(F)c1cc([B-](c2cc(C(F)(F)F)cc(C(F)(F)F)c2)(c2cc(C(F)(F)F)cc(C(F)(F)F)c2)c2cc(C(F)(F)F)cc(C(F)(F)F)c2)cc(C(F)(F)F)c1.O=C(C[n+]1ccncc1Oc1ccc(O)cc1)c1ccccc1. The Morgan fingerprint density at radius 3 is 0.988 bits per heavy atom. The smallest absolute Gasteiger partial charge is 0.416 e. The number of aromatic nitrogens is 2. The number of Topliss-reactive ketones (excluding diaryl/α,β-unsaturated/α-hetero) is 1. The van der Waals surface area contributed by atoms with Crippen LogP contribution in [0.3, 0.4) is 0 Å². The summed E-state index contributed by atoms with van der Waals surface area (Å²) in [4.78, 5) is 16.4. The van der Waals surface area contributed by atoms with Gasteiger partial charge >= 0.3 is 55.3 Å². The minimum atomic E-state index is -6.13. The summed E-state index contributed by atoms with van der Waals surface area (Å²) in [6, 6.07) is 6.64. The molecule has 0 radical (unpaired) electrons. The van der Waals surface area contributed by atoms with E-state index in [1.807, 2.05) is 18.2 Å². The maximum absolute atomic E-state index is 14.2. The van der Waals surface area contributed by atoms with Gasteiger partial charge in [-0.05, 0) is 48.5 Å². The fraction of sp³-hybridized carbons (Fsp3) is 0.180. The summed E-state index contributed by atoms with van der Waals surface area (Å²) in [5, 5.41) is 9.30. The Hall–Kier alpha value is -7.95. The second-order valence-corrected chi connectivity index (χ2v) is 17.2. The van der Waals surface area contributed by atoms with Gasteiger partial charge in [-0.15, -0.1) is 0 Å². The van der Waals surface area contributed by atoms with Gasteiger partial charge in [0.25, 0.3) is 0 Å². The van der Waals surface area contributed by atoms with Gasteiger partial charge in [0, 0.05) is 5.56 Å². The van der Waals surface area contributed by atoms with Crippen LogP contribution in [0.2, 0.25) is 0 Å². The highest BCUT2D eigenvalue weighted by Crippen LogP contribution is 2.41. The van der Waals surface area contributed by atoms with Gasteiger partial charge in [-0.1, -0.05) is 78.9 Å². The average molecular weight is 1170 g/mol. The average Bonchev–Trinajstić information content (AvgIpc) is 3.34. The molecule has 0 aliphatic carbocycles. The molecule has 0 fully saturated rings. The number of aromatic hydroxyl groups is 1. The van der Waals surface area contributed by atoms with Gasteiger partial charge in [-0.3, -0.25) is 4.79 Å². The number of phenolic OH excluding ortho intramolecular Hbond substituents is 1. The summed E-state index contributed by atoms with van der Waals surface area (Å²) >= 11 is 0. The molecule has 0 saturated carbocycles. The number of alkyl halides is 24. The molecule has 0 saturated heterocycles. The number of carbonyl (C=O) groups is 1. The number of carbonyl (C=O) groups excluding carboxylic acids is 1. The van der Waals surface area contributed by atoms with E-state index in [-0.39, 0.29) is 18.1 Å². The van der Waals surface area contributed by atoms with Gasteiger partial charge in [0.1, 0.15) is 23.8 Å². The zero-order chi connectivity index (χ0) is 60.0. The highest BCUT2D eigenvalue weighted by molar-refractivity contribution is 7.20. The predicted molar refractivity (Wildman–Crippen MR) is 233 cm³/mol. The Labute approximate surface area is 432 Å². The van der Waals surface area contributed by atoms with Gasteiger partial charge in [0.2, 0.25) is 12.3 Å². The van der Waals surface area contributed by atoms with Crippen LogP contribution in [-0.4, -0.2) is 22.0 Å². The Bertz CT molecular complexity index is 2920. The number of ether oxygens (including phenoxy) is 1. The standard InChI is InChI=1S/C32H12BF24.C18H14N2O3/c34-25(35,36)13-1-14(26(37,38)39)6-21(5-13)33(22-7-15(27(40,41)42)2-16(8-22)28(43,44)45,23-9-17(29(46,47)48)3-18(10-23)30(49,50)51)24-11-19(31(52,53)54)4-20(12-24)32(55,56)57;21-15-6-8-16(9-7-15)23-18-12-19-10-11-20(18)13-17(22)14-4-2-1-3-5-14/h1-12H;1-12H,13H2/q-1;/p+1. The molecule has 6 aromatic carbocycles. The predicted octanol–water partition coefficient (Wildman–Crippen LogP) is 14.0. The second-order valence-electron chi connectivity index (χ2n) is 17.2. The Morgan fingerprint density at radius 1 is 0.425 bits per heavy atom. The van der Waals surface area contributed by atoms with Gasteiger partial charge in [-0.2, -0.15) is 132 Å². The molecule has 1 heterocycles. The van der Waals surface area contributed by atoms with Crippen LogP contribution in [0.4, 0.5) is 105 Å². The van der Waals surface area contributed by atoms with Crippen LogP contribution in [0.25, 0.3) is 0 Å². The minimum absolute atomic E-state index is 0.0163. The van der Waals surface area contributed by atoms with E-state index in [9.17, 15) is 115 Å². The third kappa shape index (κ3) is 14.3. The molecular weight excluding hydrogens is 1140 g/mol. The molecule has 426 valence electrons. The molecule has 0 spiro atoms. The molecule has 1 aromatic heterocycles. The monoisotopic (exact) mass is 1170 g/mol. The molecular formula is C50H27BF24N2O3. The van der Waals surface area contributed by atoms with Crippen molar-refractivity contribution >= 4 is 33.8 Å². The lowest BCUT2D eigenvalue weighted by atomic mass is 9.12. The highest BCUT2D eigenvalue weighted by atomic mass is 19.4. The zero-order valence-corrected chi connectivity index (χ0v) is 38.9. The second kappa shape index (κ2) is 21.6. The fourth-order valence-electron chi connectivity index (χ4n) is 8.16. The molecule has 80 heavy (non-hydrogen) atoms. The van der Waals surface area contributed by atoms with Crippen molar-refractivity contribution in [3.05, 3.63) is 196 Å². The molecule has 0 bridgehead atoms. The first-order valence-corrected chi connectivity index (χ1v) is 21.7. The van der Waals surface area contributed by atoms with Crippen molar-refractivity contribution in [1.29, 1.82) is 0 Å². The number of hydrogen-bond donors (Lipinski definition) is 1. The van der Waals surface area contributed by atoms with Crippen molar-refractivity contribution in [2.75, 3.05) is 0 Å². The van der Waals surface area contributed by atoms with Gasteiger partial charge in [-0.25, -0.2) is 4.98 Å². The minimum Gasteiger partial charge on any atom is -0.508 e. The molecule has 0 atom stereocenters. The van der Waals surface area contributed by atoms with Crippen LogP contribution in [0, 0.1) is 0 Å². The maximum atomic E-state index is 14.2. The summed E-state index contributed by atoms with van der Waals surface area (Å²) in [7, 11) is 0. The number of ketones is 1. The number of halogens is 24. The van der Waals surface area contributed by atoms with E-state index in [0.29, 0.717) is 17.2 Å². The topological polar surface area (TPSA) is 63.3 Å². The third-order valence-electron chi connectivity index (χ3n) is 11.7. The lowest BCUT2D eigenvalue weighted by Gasteiger charge is -2.46.